The molecule has 3 heterocycles. The van der Waals surface area contributed by atoms with Gasteiger partial charge in [-0.25, -0.2) is 14.5 Å². The second-order valence-corrected chi connectivity index (χ2v) is 5.62. The molecular formula is C12H10ClN5O2S. The summed E-state index contributed by atoms with van der Waals surface area (Å²) in [6, 6.07) is 3.68. The molecule has 7 nitrogen and oxygen atoms in total. The zero-order valence-corrected chi connectivity index (χ0v) is 12.5. The number of rotatable bonds is 4. The lowest BCUT2D eigenvalue weighted by atomic mass is 10.2. The van der Waals surface area contributed by atoms with Gasteiger partial charge >= 0.3 is 5.97 Å². The van der Waals surface area contributed by atoms with Crippen LogP contribution < -0.4 is 0 Å². The Bertz CT molecular complexity index is 793. The largest absolute Gasteiger partial charge is 0.476 e. The van der Waals surface area contributed by atoms with E-state index in [0.717, 1.165) is 4.88 Å². The molecule has 0 amide bonds. The normalized spacial score (nSPS) is 11.0. The van der Waals surface area contributed by atoms with Gasteiger partial charge in [0.1, 0.15) is 23.2 Å². The summed E-state index contributed by atoms with van der Waals surface area (Å²) in [7, 11) is 1.78. The van der Waals surface area contributed by atoms with E-state index in [1.165, 1.54) is 22.2 Å². The van der Waals surface area contributed by atoms with Crippen molar-refractivity contribution in [2.45, 2.75) is 6.54 Å². The number of thiophene rings is 1. The molecule has 21 heavy (non-hydrogen) atoms. The Hall–Kier alpha value is -2.19. The van der Waals surface area contributed by atoms with Crippen molar-refractivity contribution in [3.8, 4) is 10.6 Å². The molecule has 0 aliphatic rings. The van der Waals surface area contributed by atoms with Crippen LogP contribution in [0, 0.1) is 0 Å². The zero-order valence-electron chi connectivity index (χ0n) is 10.9. The summed E-state index contributed by atoms with van der Waals surface area (Å²) in [4.78, 5) is 16.3. The molecule has 0 aliphatic heterocycles. The Kier molecular flexibility index (Phi) is 3.48. The van der Waals surface area contributed by atoms with Crippen LogP contribution in [0.3, 0.4) is 0 Å². The standard InChI is InChI=1S/C12H10ClN5O2S/c1-17-8(13)5-14-9(17)6-18-11(7-3-2-4-21-7)10(12(19)20)15-16-18/h2-5H,6H2,1H3,(H,19,20). The molecule has 0 radical (unpaired) electrons. The molecule has 0 fully saturated rings. The Labute approximate surface area is 128 Å². The number of hydrogen-bond donors (Lipinski definition) is 1. The number of carbonyl (C=O) groups is 1. The van der Waals surface area contributed by atoms with E-state index in [-0.39, 0.29) is 12.2 Å². The molecule has 0 saturated carbocycles. The lowest BCUT2D eigenvalue weighted by Crippen LogP contribution is -2.09. The minimum atomic E-state index is -1.11. The van der Waals surface area contributed by atoms with E-state index in [2.05, 4.69) is 15.3 Å². The van der Waals surface area contributed by atoms with Gasteiger partial charge in [0, 0.05) is 7.05 Å². The molecule has 0 unspecified atom stereocenters. The molecule has 9 heteroatoms. The Morgan fingerprint density at radius 1 is 1.52 bits per heavy atom. The number of aromatic carboxylic acids is 1. The summed E-state index contributed by atoms with van der Waals surface area (Å²) in [5, 5.41) is 19.3. The van der Waals surface area contributed by atoms with Crippen molar-refractivity contribution in [1.82, 2.24) is 24.5 Å². The van der Waals surface area contributed by atoms with Gasteiger partial charge in [-0.1, -0.05) is 22.9 Å². The van der Waals surface area contributed by atoms with E-state index in [1.807, 2.05) is 17.5 Å². The van der Waals surface area contributed by atoms with Gasteiger partial charge in [-0.2, -0.15) is 0 Å². The van der Waals surface area contributed by atoms with Gasteiger partial charge in [0.2, 0.25) is 0 Å². The fourth-order valence-electron chi connectivity index (χ4n) is 1.93. The van der Waals surface area contributed by atoms with E-state index >= 15 is 0 Å². The van der Waals surface area contributed by atoms with Crippen molar-refractivity contribution < 1.29 is 9.90 Å². The summed E-state index contributed by atoms with van der Waals surface area (Å²) in [5.74, 6) is -0.442. The predicted octanol–water partition coefficient (Wildman–Crippen LogP) is 2.14. The van der Waals surface area contributed by atoms with Gasteiger partial charge in [-0.3, -0.25) is 0 Å². The fourth-order valence-corrected chi connectivity index (χ4v) is 2.85. The summed E-state index contributed by atoms with van der Waals surface area (Å²) in [5.41, 5.74) is 0.398. The zero-order chi connectivity index (χ0) is 15.0. The van der Waals surface area contributed by atoms with Gasteiger partial charge in [0.15, 0.2) is 5.69 Å². The molecule has 1 N–H and O–H groups in total. The minimum Gasteiger partial charge on any atom is -0.476 e. The molecule has 0 aliphatic carbocycles. The van der Waals surface area contributed by atoms with Crippen LogP contribution in [0.25, 0.3) is 10.6 Å². The SMILES string of the molecule is Cn1c(Cl)cnc1Cn1nnc(C(=O)O)c1-c1cccs1. The maximum Gasteiger partial charge on any atom is 0.358 e. The second-order valence-electron chi connectivity index (χ2n) is 4.28. The topological polar surface area (TPSA) is 85.8 Å². The van der Waals surface area contributed by atoms with Crippen molar-refractivity contribution in [3.05, 3.63) is 40.4 Å². The summed E-state index contributed by atoms with van der Waals surface area (Å²) >= 11 is 7.38. The Balaban J connectivity index is 2.07. The number of carboxylic acids is 1. The van der Waals surface area contributed by atoms with E-state index in [0.29, 0.717) is 16.7 Å². The highest BCUT2D eigenvalue weighted by molar-refractivity contribution is 7.13. The number of nitrogens with zero attached hydrogens (tertiary/aromatic N) is 5. The van der Waals surface area contributed by atoms with Gasteiger partial charge in [-0.15, -0.1) is 16.4 Å². The molecule has 3 aromatic rings. The number of aromatic nitrogens is 5. The Morgan fingerprint density at radius 3 is 2.90 bits per heavy atom. The van der Waals surface area contributed by atoms with Gasteiger partial charge in [-0.05, 0) is 11.4 Å². The molecule has 0 bridgehead atoms. The third-order valence-corrected chi connectivity index (χ3v) is 4.24. The number of hydrogen-bond acceptors (Lipinski definition) is 5. The maximum absolute atomic E-state index is 11.3. The van der Waals surface area contributed by atoms with Crippen LogP contribution in [0.15, 0.2) is 23.7 Å². The molecule has 0 atom stereocenters. The van der Waals surface area contributed by atoms with Crippen LogP contribution in [-0.4, -0.2) is 35.6 Å². The van der Waals surface area contributed by atoms with Gasteiger partial charge in [0.25, 0.3) is 0 Å². The average molecular weight is 324 g/mol. The van der Waals surface area contributed by atoms with Crippen LogP contribution in [-0.2, 0) is 13.6 Å². The van der Waals surface area contributed by atoms with E-state index in [1.54, 1.807) is 11.6 Å². The van der Waals surface area contributed by atoms with Crippen molar-refractivity contribution >= 4 is 28.9 Å². The molecule has 3 aromatic heterocycles. The first-order valence-electron chi connectivity index (χ1n) is 5.94. The summed E-state index contributed by atoms with van der Waals surface area (Å²) in [6.45, 7) is 0.288. The number of carboxylic acid groups (broad SMARTS) is 1. The molecular weight excluding hydrogens is 314 g/mol. The summed E-state index contributed by atoms with van der Waals surface area (Å²) in [6.07, 6.45) is 1.54. The highest BCUT2D eigenvalue weighted by atomic mass is 35.5. The van der Waals surface area contributed by atoms with Crippen LogP contribution in [0.1, 0.15) is 16.3 Å². The quantitative estimate of drug-likeness (QED) is 0.795. The third kappa shape index (κ3) is 2.43. The van der Waals surface area contributed by atoms with Gasteiger partial charge < -0.3 is 9.67 Å². The van der Waals surface area contributed by atoms with Crippen molar-refractivity contribution in [1.29, 1.82) is 0 Å². The van der Waals surface area contributed by atoms with Crippen LogP contribution >= 0.6 is 22.9 Å². The fraction of sp³-hybridized carbons (Fsp3) is 0.167. The van der Waals surface area contributed by atoms with E-state index in [4.69, 9.17) is 11.6 Å². The summed E-state index contributed by atoms with van der Waals surface area (Å²) < 4.78 is 3.23. The van der Waals surface area contributed by atoms with E-state index in [9.17, 15) is 9.90 Å². The van der Waals surface area contributed by atoms with Crippen molar-refractivity contribution in [2.75, 3.05) is 0 Å². The highest BCUT2D eigenvalue weighted by Gasteiger charge is 2.22. The lowest BCUT2D eigenvalue weighted by molar-refractivity contribution is 0.0691. The minimum absolute atomic E-state index is 0.0715. The number of imidazole rings is 1. The lowest BCUT2D eigenvalue weighted by Gasteiger charge is -2.06. The van der Waals surface area contributed by atoms with Crippen molar-refractivity contribution in [3.63, 3.8) is 0 Å². The average Bonchev–Trinajstić information content (AvgIpc) is 3.15. The monoisotopic (exact) mass is 323 g/mol. The third-order valence-electron chi connectivity index (χ3n) is 3.01. The molecule has 108 valence electrons. The van der Waals surface area contributed by atoms with Crippen LogP contribution in [0.2, 0.25) is 5.15 Å². The van der Waals surface area contributed by atoms with Crippen molar-refractivity contribution in [2.24, 2.45) is 7.05 Å². The molecule has 3 rings (SSSR count). The smallest absolute Gasteiger partial charge is 0.358 e. The first-order chi connectivity index (χ1) is 10.1. The maximum atomic E-state index is 11.3. The molecule has 0 saturated heterocycles. The second kappa shape index (κ2) is 5.30. The predicted molar refractivity (Wildman–Crippen MR) is 77.6 cm³/mol. The van der Waals surface area contributed by atoms with E-state index < -0.39 is 5.97 Å². The number of halogens is 1. The molecule has 0 spiro atoms. The Morgan fingerprint density at radius 2 is 2.33 bits per heavy atom. The molecule has 0 aromatic carbocycles. The van der Waals surface area contributed by atoms with Crippen LogP contribution in [0.4, 0.5) is 0 Å². The van der Waals surface area contributed by atoms with Gasteiger partial charge in [0.05, 0.1) is 11.1 Å². The van der Waals surface area contributed by atoms with Crippen LogP contribution in [0.5, 0.6) is 0 Å². The highest BCUT2D eigenvalue weighted by Crippen LogP contribution is 2.27. The first-order valence-corrected chi connectivity index (χ1v) is 7.20. The first kappa shape index (κ1) is 13.8.